The van der Waals surface area contributed by atoms with E-state index >= 15 is 0 Å². The first kappa shape index (κ1) is 32.2. The van der Waals surface area contributed by atoms with Gasteiger partial charge >= 0.3 is 0 Å². The Morgan fingerprint density at radius 2 is 1.00 bits per heavy atom. The van der Waals surface area contributed by atoms with E-state index in [9.17, 15) is 0 Å². The number of nitrogen functional groups attached to an aromatic ring is 3. The first-order valence-corrected chi connectivity index (χ1v) is 12.7. The molecular weight excluding hydrogens is 546 g/mol. The molecule has 0 bridgehead atoms. The quantitative estimate of drug-likeness (QED) is 0.0921. The third-order valence-corrected chi connectivity index (χ3v) is 5.12. The van der Waals surface area contributed by atoms with E-state index in [2.05, 4.69) is 31.3 Å². The van der Waals surface area contributed by atoms with Gasteiger partial charge in [0.25, 0.3) is 5.96 Å². The average Bonchev–Trinajstić information content (AvgIpc) is 2.92. The number of hydrogen-bond acceptors (Lipinski definition) is 10. The summed E-state index contributed by atoms with van der Waals surface area (Å²) in [7, 11) is 0. The number of guanidine groups is 1. The molecule has 8 N–H and O–H groups in total. The van der Waals surface area contributed by atoms with Crippen LogP contribution in [0.3, 0.4) is 0 Å². The van der Waals surface area contributed by atoms with E-state index in [1.54, 1.807) is 73.2 Å². The molecule has 3 rings (SSSR count). The molecule has 0 spiro atoms. The second kappa shape index (κ2) is 16.9. The number of rotatable bonds is 12. The molecule has 0 atom stereocenters. The molecule has 3 aromatic carbocycles. The molecule has 13 heteroatoms. The van der Waals surface area contributed by atoms with Gasteiger partial charge in [-0.2, -0.15) is 15.3 Å². The van der Waals surface area contributed by atoms with Crippen molar-refractivity contribution in [2.75, 3.05) is 37.0 Å². The topological polar surface area (TPSA) is 179 Å². The standard InChI is InChI=1S/C28H35N9O3.ClH/c1-4-38-25-13-22(29)10-7-19(25)16-32-35-28(36-33-17-20-8-11-23(30)14-26(20)39-5-2)37-34-18-21-9-12-24(31)15-27(21)40-6-3;/h7-18H,4-6,29-31H2,1-3H3,(H2,35,36,37);1H/b32-16+,33-17+,34-18+;. The van der Waals surface area contributed by atoms with Crippen LogP contribution in [0.15, 0.2) is 75.0 Å². The second-order valence-corrected chi connectivity index (χ2v) is 8.12. The minimum Gasteiger partial charge on any atom is -0.493 e. The molecule has 0 radical (unpaired) electrons. The summed E-state index contributed by atoms with van der Waals surface area (Å²) in [5, 5.41) is 16.9. The van der Waals surface area contributed by atoms with Crippen LogP contribution in [-0.4, -0.2) is 44.4 Å². The maximum absolute atomic E-state index is 5.88. The number of halogens is 1. The van der Waals surface area contributed by atoms with Crippen LogP contribution < -0.4 is 42.3 Å². The smallest absolute Gasteiger partial charge is 0.257 e. The number of nitrogens with one attached hydrogen (secondary N) is 2. The molecule has 0 aromatic heterocycles. The predicted octanol–water partition coefficient (Wildman–Crippen LogP) is 3.99. The summed E-state index contributed by atoms with van der Waals surface area (Å²) < 4.78 is 16.9. The van der Waals surface area contributed by atoms with Crippen LogP contribution in [-0.2, 0) is 0 Å². The van der Waals surface area contributed by atoms with Crippen molar-refractivity contribution >= 4 is 54.1 Å². The van der Waals surface area contributed by atoms with Gasteiger partial charge < -0.3 is 31.4 Å². The molecule has 3 aromatic rings. The zero-order valence-electron chi connectivity index (χ0n) is 23.2. The molecule has 0 aliphatic rings. The normalized spacial score (nSPS) is 10.9. The maximum atomic E-state index is 5.88. The molecule has 12 nitrogen and oxygen atoms in total. The molecule has 218 valence electrons. The van der Waals surface area contributed by atoms with E-state index in [-0.39, 0.29) is 18.4 Å². The lowest BCUT2D eigenvalue weighted by Gasteiger charge is -2.09. The third kappa shape index (κ3) is 10.3. The van der Waals surface area contributed by atoms with Gasteiger partial charge in [-0.1, -0.05) is 0 Å². The van der Waals surface area contributed by atoms with Gasteiger partial charge in [0.05, 0.1) is 38.5 Å². The molecule has 0 aliphatic carbocycles. The lowest BCUT2D eigenvalue weighted by molar-refractivity contribution is 0.340. The molecule has 0 aliphatic heterocycles. The first-order valence-electron chi connectivity index (χ1n) is 12.7. The largest absolute Gasteiger partial charge is 0.493 e. The Balaban J connectivity index is 0.00000588. The molecule has 0 amide bonds. The lowest BCUT2D eigenvalue weighted by atomic mass is 10.2. The molecule has 0 heterocycles. The molecule has 41 heavy (non-hydrogen) atoms. The fraction of sp³-hybridized carbons (Fsp3) is 0.214. The van der Waals surface area contributed by atoms with Gasteiger partial charge in [-0.3, -0.25) is 0 Å². The van der Waals surface area contributed by atoms with E-state index in [1.807, 2.05) is 20.8 Å². The number of benzene rings is 3. The van der Waals surface area contributed by atoms with Crippen molar-refractivity contribution in [2.24, 2.45) is 20.4 Å². The van der Waals surface area contributed by atoms with Crippen LogP contribution in [0.2, 0.25) is 0 Å². The SMILES string of the molecule is CCOc1cc(N)ccc1/C=N/N=C(N/N=C/c1ccc(N)cc1OCC)N/N=C/c1ccc(N)cc1OCC.Cl. The molecule has 0 saturated heterocycles. The highest BCUT2D eigenvalue weighted by Gasteiger charge is 2.05. The van der Waals surface area contributed by atoms with Crippen LogP contribution in [0.4, 0.5) is 17.1 Å². The highest BCUT2D eigenvalue weighted by atomic mass is 35.5. The zero-order chi connectivity index (χ0) is 28.7. The Morgan fingerprint density at radius 1 is 0.634 bits per heavy atom. The van der Waals surface area contributed by atoms with Crippen LogP contribution in [0, 0.1) is 0 Å². The zero-order valence-corrected chi connectivity index (χ0v) is 24.0. The van der Waals surface area contributed by atoms with Crippen molar-refractivity contribution in [3.63, 3.8) is 0 Å². The van der Waals surface area contributed by atoms with E-state index in [1.165, 1.54) is 0 Å². The number of ether oxygens (including phenoxy) is 3. The van der Waals surface area contributed by atoms with E-state index < -0.39 is 0 Å². The summed E-state index contributed by atoms with van der Waals surface area (Å²) in [6.07, 6.45) is 4.70. The second-order valence-electron chi connectivity index (χ2n) is 8.12. The Kier molecular flexibility index (Phi) is 13.3. The molecule has 0 fully saturated rings. The van der Waals surface area contributed by atoms with Crippen LogP contribution in [0.5, 0.6) is 17.2 Å². The highest BCUT2D eigenvalue weighted by Crippen LogP contribution is 2.22. The van der Waals surface area contributed by atoms with Crippen LogP contribution in [0.1, 0.15) is 37.5 Å². The van der Waals surface area contributed by atoms with Crippen molar-refractivity contribution in [3.05, 3.63) is 71.3 Å². The first-order chi connectivity index (χ1) is 19.4. The minimum absolute atomic E-state index is 0. The van der Waals surface area contributed by atoms with Crippen molar-refractivity contribution in [1.82, 2.24) is 10.9 Å². The maximum Gasteiger partial charge on any atom is 0.257 e. The van der Waals surface area contributed by atoms with E-state index in [0.29, 0.717) is 59.7 Å². The van der Waals surface area contributed by atoms with Gasteiger partial charge in [0, 0.05) is 52.0 Å². The summed E-state index contributed by atoms with van der Waals surface area (Å²) in [6, 6.07) is 15.9. The fourth-order valence-electron chi connectivity index (χ4n) is 3.36. The van der Waals surface area contributed by atoms with Crippen LogP contribution >= 0.6 is 12.4 Å². The number of anilines is 3. The monoisotopic (exact) mass is 581 g/mol. The summed E-state index contributed by atoms with van der Waals surface area (Å²) in [5.74, 6) is 1.95. The fourth-order valence-corrected chi connectivity index (χ4v) is 3.36. The highest BCUT2D eigenvalue weighted by molar-refractivity contribution is 5.89. The van der Waals surface area contributed by atoms with Crippen molar-refractivity contribution in [1.29, 1.82) is 0 Å². The predicted molar refractivity (Wildman–Crippen MR) is 170 cm³/mol. The Morgan fingerprint density at radius 3 is 1.37 bits per heavy atom. The lowest BCUT2D eigenvalue weighted by Crippen LogP contribution is -2.30. The van der Waals surface area contributed by atoms with Gasteiger partial charge in [0.2, 0.25) is 0 Å². The third-order valence-electron chi connectivity index (χ3n) is 5.12. The Labute approximate surface area is 245 Å². The number of nitrogens with two attached hydrogens (primary N) is 3. The van der Waals surface area contributed by atoms with E-state index in [0.717, 1.165) is 11.1 Å². The van der Waals surface area contributed by atoms with E-state index in [4.69, 9.17) is 31.4 Å². The van der Waals surface area contributed by atoms with Crippen molar-refractivity contribution < 1.29 is 14.2 Å². The van der Waals surface area contributed by atoms with Gasteiger partial charge in [-0.25, -0.2) is 10.9 Å². The number of nitrogens with zero attached hydrogens (tertiary/aromatic N) is 4. The van der Waals surface area contributed by atoms with Crippen molar-refractivity contribution in [2.45, 2.75) is 20.8 Å². The van der Waals surface area contributed by atoms with Crippen LogP contribution in [0.25, 0.3) is 0 Å². The summed E-state index contributed by atoms with van der Waals surface area (Å²) in [4.78, 5) is 0. The summed E-state index contributed by atoms with van der Waals surface area (Å²) >= 11 is 0. The number of hydrazone groups is 2. The molecular formula is C28H36ClN9O3. The Bertz CT molecular complexity index is 1320. The van der Waals surface area contributed by atoms with Crippen molar-refractivity contribution in [3.8, 4) is 17.2 Å². The van der Waals surface area contributed by atoms with Gasteiger partial charge in [-0.05, 0) is 57.2 Å². The number of hydrogen-bond donors (Lipinski definition) is 5. The minimum atomic E-state index is 0. The summed E-state index contributed by atoms with van der Waals surface area (Å²) in [5.41, 5.74) is 27.2. The van der Waals surface area contributed by atoms with Gasteiger partial charge in [-0.15, -0.1) is 17.5 Å². The summed E-state index contributed by atoms with van der Waals surface area (Å²) in [6.45, 7) is 7.12. The Hall–Kier alpha value is -4.97. The molecule has 0 saturated carbocycles. The van der Waals surface area contributed by atoms with Gasteiger partial charge in [0.15, 0.2) is 0 Å². The average molecular weight is 582 g/mol. The van der Waals surface area contributed by atoms with Gasteiger partial charge in [0.1, 0.15) is 17.2 Å². The molecule has 0 unspecified atom stereocenters.